The molecule has 10 heteroatoms. The Bertz CT molecular complexity index is 1420. The van der Waals surface area contributed by atoms with Crippen LogP contribution in [0.5, 0.6) is 17.2 Å². The number of halogens is 3. The van der Waals surface area contributed by atoms with Gasteiger partial charge in [0.2, 0.25) is 12.7 Å². The lowest BCUT2D eigenvalue weighted by atomic mass is 9.77. The number of fused-ring (bicyclic) bond motifs is 5. The third kappa shape index (κ3) is 3.58. The molecule has 37 heavy (non-hydrogen) atoms. The second-order valence-electron chi connectivity index (χ2n) is 9.02. The lowest BCUT2D eigenvalue weighted by molar-refractivity contribution is -0.138. The third-order valence-electron chi connectivity index (χ3n) is 6.96. The number of carbonyl (C=O) groups is 2. The first-order chi connectivity index (χ1) is 17.8. The number of alkyl halides is 3. The van der Waals surface area contributed by atoms with Gasteiger partial charge in [0.1, 0.15) is 17.8 Å². The number of nitrogens with zero attached hydrogens (tertiary/aromatic N) is 1. The van der Waals surface area contributed by atoms with Gasteiger partial charge in [0.15, 0.2) is 11.5 Å². The minimum atomic E-state index is -4.63. The first kappa shape index (κ1) is 23.2. The lowest BCUT2D eigenvalue weighted by Crippen LogP contribution is -2.43. The van der Waals surface area contributed by atoms with Crippen molar-refractivity contribution in [1.82, 2.24) is 5.32 Å². The summed E-state index contributed by atoms with van der Waals surface area (Å²) in [4.78, 5) is 28.0. The van der Waals surface area contributed by atoms with Crippen molar-refractivity contribution in [2.75, 3.05) is 31.4 Å². The predicted molar refractivity (Wildman–Crippen MR) is 126 cm³/mol. The molecular weight excluding hydrogens is 489 g/mol. The third-order valence-corrected chi connectivity index (χ3v) is 6.96. The van der Waals surface area contributed by atoms with Crippen LogP contribution in [-0.2, 0) is 16.4 Å². The monoisotopic (exact) mass is 510 g/mol. The smallest absolute Gasteiger partial charge is 0.417 e. The molecule has 3 aromatic carbocycles. The molecule has 3 aromatic rings. The maximum atomic E-state index is 13.9. The number of anilines is 1. The van der Waals surface area contributed by atoms with Crippen molar-refractivity contribution in [3.05, 3.63) is 82.9 Å². The van der Waals surface area contributed by atoms with Gasteiger partial charge in [-0.05, 0) is 36.2 Å². The van der Waals surface area contributed by atoms with Gasteiger partial charge in [0.05, 0.1) is 11.1 Å². The maximum Gasteiger partial charge on any atom is 0.417 e. The molecule has 0 saturated carbocycles. The number of ether oxygens (including phenoxy) is 3. The van der Waals surface area contributed by atoms with Crippen LogP contribution >= 0.6 is 0 Å². The first-order valence-corrected chi connectivity index (χ1v) is 11.7. The van der Waals surface area contributed by atoms with Crippen LogP contribution in [0.1, 0.15) is 33.5 Å². The molecule has 7 nitrogen and oxygen atoms in total. The number of rotatable bonds is 5. The van der Waals surface area contributed by atoms with Crippen LogP contribution in [0.15, 0.2) is 60.7 Å². The van der Waals surface area contributed by atoms with E-state index >= 15 is 0 Å². The fourth-order valence-corrected chi connectivity index (χ4v) is 5.25. The Kier molecular flexibility index (Phi) is 5.29. The number of hydrogen-bond donors (Lipinski definition) is 1. The average molecular weight is 510 g/mol. The molecule has 3 heterocycles. The summed E-state index contributed by atoms with van der Waals surface area (Å²) < 4.78 is 56.7. The Morgan fingerprint density at radius 2 is 1.68 bits per heavy atom. The topological polar surface area (TPSA) is 77.1 Å². The zero-order valence-electron chi connectivity index (χ0n) is 19.4. The molecule has 1 unspecified atom stereocenters. The number of nitrogens with one attached hydrogen (secondary N) is 1. The Hall–Kier alpha value is -4.21. The van der Waals surface area contributed by atoms with Gasteiger partial charge in [0, 0.05) is 30.4 Å². The Labute approximate surface area is 209 Å². The molecule has 6 rings (SSSR count). The van der Waals surface area contributed by atoms with E-state index in [1.165, 1.54) is 12.1 Å². The van der Waals surface area contributed by atoms with Gasteiger partial charge in [-0.2, -0.15) is 13.2 Å². The van der Waals surface area contributed by atoms with Gasteiger partial charge in [-0.25, -0.2) is 0 Å². The normalized spacial score (nSPS) is 19.1. The number of hydrogen-bond acceptors (Lipinski definition) is 5. The molecule has 0 aromatic heterocycles. The molecule has 3 aliphatic rings. The second-order valence-corrected chi connectivity index (χ2v) is 9.02. The number of carbonyl (C=O) groups excluding carboxylic acids is 2. The summed E-state index contributed by atoms with van der Waals surface area (Å²) in [5.41, 5.74) is -0.222. The van der Waals surface area contributed by atoms with E-state index in [1.807, 2.05) is 24.3 Å². The number of amides is 2. The van der Waals surface area contributed by atoms with E-state index in [-0.39, 0.29) is 32.4 Å². The molecule has 1 atom stereocenters. The van der Waals surface area contributed by atoms with E-state index in [9.17, 15) is 22.8 Å². The second kappa shape index (κ2) is 8.43. The molecule has 3 aliphatic heterocycles. The van der Waals surface area contributed by atoms with Gasteiger partial charge in [-0.15, -0.1) is 0 Å². The molecule has 0 radical (unpaired) electrons. The van der Waals surface area contributed by atoms with E-state index < -0.39 is 28.6 Å². The van der Waals surface area contributed by atoms with Crippen molar-refractivity contribution in [3.63, 3.8) is 0 Å². The fourth-order valence-electron chi connectivity index (χ4n) is 5.25. The van der Waals surface area contributed by atoms with Crippen molar-refractivity contribution in [1.29, 1.82) is 0 Å². The highest BCUT2D eigenvalue weighted by Crippen LogP contribution is 2.55. The largest absolute Gasteiger partial charge is 0.491 e. The zero-order chi connectivity index (χ0) is 25.8. The van der Waals surface area contributed by atoms with Gasteiger partial charge in [-0.1, -0.05) is 30.3 Å². The molecule has 1 N–H and O–H groups in total. The summed E-state index contributed by atoms with van der Waals surface area (Å²) in [7, 11) is 0. The standard InChI is InChI=1S/C27H21F3N2O5/c28-27(29,30)17-7-2-1-6-16(17)24(33)31-10-5-11-32-20-9-4-3-8-18(20)26(25(32)34)14-35-21-13-23-22(12-19(21)26)36-15-37-23/h1-4,6-9,12-13H,5,10-11,14-15H2,(H,31,33). The van der Waals surface area contributed by atoms with Crippen LogP contribution in [0.3, 0.4) is 0 Å². The summed E-state index contributed by atoms with van der Waals surface area (Å²) in [6.45, 7) is 0.581. The quantitative estimate of drug-likeness (QED) is 0.519. The molecule has 0 aliphatic carbocycles. The van der Waals surface area contributed by atoms with Gasteiger partial charge in [0.25, 0.3) is 5.91 Å². The number of benzene rings is 3. The van der Waals surface area contributed by atoms with Gasteiger partial charge in [-0.3, -0.25) is 9.59 Å². The predicted octanol–water partition coefficient (Wildman–Crippen LogP) is 4.28. The van der Waals surface area contributed by atoms with E-state index in [0.29, 0.717) is 29.2 Å². The van der Waals surface area contributed by atoms with Gasteiger partial charge < -0.3 is 24.4 Å². The summed E-state index contributed by atoms with van der Waals surface area (Å²) in [5, 5.41) is 2.55. The SMILES string of the molecule is O=C(NCCCN1C(=O)C2(COc3cc4c(cc32)OCO4)c2ccccc21)c1ccccc1C(F)(F)F. The fraction of sp³-hybridized carbons (Fsp3) is 0.259. The van der Waals surface area contributed by atoms with E-state index in [0.717, 1.165) is 23.4 Å². The van der Waals surface area contributed by atoms with Crippen molar-refractivity contribution < 1.29 is 37.0 Å². The highest BCUT2D eigenvalue weighted by Gasteiger charge is 2.57. The van der Waals surface area contributed by atoms with E-state index in [4.69, 9.17) is 14.2 Å². The van der Waals surface area contributed by atoms with Crippen LogP contribution in [0.25, 0.3) is 0 Å². The van der Waals surface area contributed by atoms with E-state index in [1.54, 1.807) is 17.0 Å². The Balaban J connectivity index is 1.20. The highest BCUT2D eigenvalue weighted by atomic mass is 19.4. The molecule has 0 saturated heterocycles. The average Bonchev–Trinajstić information content (AvgIpc) is 3.56. The minimum absolute atomic E-state index is 0.0930. The molecular formula is C27H21F3N2O5. The minimum Gasteiger partial charge on any atom is -0.491 e. The van der Waals surface area contributed by atoms with Crippen molar-refractivity contribution >= 4 is 17.5 Å². The highest BCUT2D eigenvalue weighted by molar-refractivity contribution is 6.11. The van der Waals surface area contributed by atoms with Crippen molar-refractivity contribution in [3.8, 4) is 17.2 Å². The van der Waals surface area contributed by atoms with Crippen molar-refractivity contribution in [2.24, 2.45) is 0 Å². The summed E-state index contributed by atoms with van der Waals surface area (Å²) in [6, 6.07) is 15.6. The first-order valence-electron chi connectivity index (χ1n) is 11.7. The van der Waals surface area contributed by atoms with Crippen LogP contribution in [0.2, 0.25) is 0 Å². The summed E-state index contributed by atoms with van der Waals surface area (Å²) in [6.07, 6.45) is -4.30. The lowest BCUT2D eigenvalue weighted by Gasteiger charge is -2.23. The van der Waals surface area contributed by atoms with Gasteiger partial charge >= 0.3 is 6.18 Å². The van der Waals surface area contributed by atoms with Crippen LogP contribution in [0.4, 0.5) is 18.9 Å². The Morgan fingerprint density at radius 3 is 2.49 bits per heavy atom. The molecule has 190 valence electrons. The molecule has 0 bridgehead atoms. The summed E-state index contributed by atoms with van der Waals surface area (Å²) >= 11 is 0. The van der Waals surface area contributed by atoms with E-state index in [2.05, 4.69) is 5.32 Å². The molecule has 1 spiro atoms. The van der Waals surface area contributed by atoms with Crippen LogP contribution in [0, 0.1) is 0 Å². The number of para-hydroxylation sites is 1. The zero-order valence-corrected chi connectivity index (χ0v) is 19.4. The van der Waals surface area contributed by atoms with Crippen LogP contribution < -0.4 is 24.4 Å². The maximum absolute atomic E-state index is 13.9. The Morgan fingerprint density at radius 1 is 0.946 bits per heavy atom. The summed E-state index contributed by atoms with van der Waals surface area (Å²) in [5.74, 6) is 0.695. The molecule has 0 fully saturated rings. The van der Waals surface area contributed by atoms with Crippen molar-refractivity contribution in [2.45, 2.75) is 18.0 Å². The molecule has 2 amide bonds. The van der Waals surface area contributed by atoms with Crippen LogP contribution in [-0.4, -0.2) is 38.3 Å².